The van der Waals surface area contributed by atoms with Crippen molar-refractivity contribution in [3.63, 3.8) is 0 Å². The molecule has 2 aromatic heterocycles. The van der Waals surface area contributed by atoms with E-state index in [0.717, 1.165) is 16.9 Å². The Kier molecular flexibility index (Phi) is 4.98. The van der Waals surface area contributed by atoms with Gasteiger partial charge in [0.15, 0.2) is 11.5 Å². The van der Waals surface area contributed by atoms with Gasteiger partial charge in [-0.3, -0.25) is 14.7 Å². The van der Waals surface area contributed by atoms with E-state index in [4.69, 9.17) is 0 Å². The number of hydrogen-bond donors (Lipinski definition) is 2. The van der Waals surface area contributed by atoms with Crippen molar-refractivity contribution >= 4 is 23.2 Å². The SMILES string of the molecule is COC(=O)CCC(=O)Nc1ccc(-c2nc3cc(C(C)(C)C)[nH]n3n2)cc1. The van der Waals surface area contributed by atoms with E-state index in [2.05, 4.69) is 46.0 Å². The summed E-state index contributed by atoms with van der Waals surface area (Å²) in [5.74, 6) is -0.0433. The maximum absolute atomic E-state index is 11.8. The molecule has 1 amide bonds. The number of esters is 1. The zero-order valence-corrected chi connectivity index (χ0v) is 15.9. The van der Waals surface area contributed by atoms with Gasteiger partial charge in [-0.25, -0.2) is 4.98 Å². The lowest BCUT2D eigenvalue weighted by Crippen LogP contribution is -2.13. The molecule has 0 bridgehead atoms. The van der Waals surface area contributed by atoms with Gasteiger partial charge >= 0.3 is 5.97 Å². The number of amides is 1. The number of hydrogen-bond acceptors (Lipinski definition) is 5. The molecule has 1 aromatic carbocycles. The van der Waals surface area contributed by atoms with E-state index < -0.39 is 5.97 Å². The first-order valence-electron chi connectivity index (χ1n) is 8.69. The van der Waals surface area contributed by atoms with E-state index >= 15 is 0 Å². The summed E-state index contributed by atoms with van der Waals surface area (Å²) in [4.78, 5) is 27.5. The lowest BCUT2D eigenvalue weighted by atomic mass is 9.93. The van der Waals surface area contributed by atoms with Crippen molar-refractivity contribution in [3.05, 3.63) is 36.0 Å². The van der Waals surface area contributed by atoms with Gasteiger partial charge in [0.05, 0.1) is 13.5 Å². The van der Waals surface area contributed by atoms with Crippen molar-refractivity contribution < 1.29 is 14.3 Å². The Labute approximate surface area is 156 Å². The van der Waals surface area contributed by atoms with Gasteiger partial charge in [-0.15, -0.1) is 5.10 Å². The van der Waals surface area contributed by atoms with E-state index in [1.807, 2.05) is 18.2 Å². The van der Waals surface area contributed by atoms with Crippen LogP contribution in [-0.4, -0.2) is 38.8 Å². The number of methoxy groups -OCH3 is 1. The minimum atomic E-state index is -0.406. The number of benzene rings is 1. The number of H-pyrrole nitrogens is 1. The van der Waals surface area contributed by atoms with Crippen LogP contribution in [-0.2, 0) is 19.7 Å². The molecule has 0 aliphatic carbocycles. The molecule has 8 heteroatoms. The minimum absolute atomic E-state index is 0.00371. The number of aromatic amines is 1. The molecule has 0 unspecified atom stereocenters. The van der Waals surface area contributed by atoms with E-state index in [1.54, 1.807) is 16.8 Å². The summed E-state index contributed by atoms with van der Waals surface area (Å²) in [5.41, 5.74) is 3.31. The normalized spacial score (nSPS) is 11.6. The molecule has 2 heterocycles. The molecule has 0 saturated heterocycles. The fourth-order valence-corrected chi connectivity index (χ4v) is 2.53. The average Bonchev–Trinajstić information content (AvgIpc) is 3.19. The van der Waals surface area contributed by atoms with Crippen LogP contribution in [0.1, 0.15) is 39.3 Å². The predicted molar refractivity (Wildman–Crippen MR) is 101 cm³/mol. The van der Waals surface area contributed by atoms with Gasteiger partial charge in [0.25, 0.3) is 0 Å². The van der Waals surface area contributed by atoms with Crippen LogP contribution >= 0.6 is 0 Å². The van der Waals surface area contributed by atoms with Crippen molar-refractivity contribution in [2.24, 2.45) is 0 Å². The number of rotatable bonds is 5. The smallest absolute Gasteiger partial charge is 0.306 e. The fourth-order valence-electron chi connectivity index (χ4n) is 2.53. The van der Waals surface area contributed by atoms with Crippen LogP contribution in [0.25, 0.3) is 17.0 Å². The van der Waals surface area contributed by atoms with Crippen molar-refractivity contribution in [1.82, 2.24) is 19.8 Å². The zero-order valence-electron chi connectivity index (χ0n) is 15.9. The molecule has 0 spiro atoms. The highest BCUT2D eigenvalue weighted by Crippen LogP contribution is 2.24. The van der Waals surface area contributed by atoms with E-state index in [9.17, 15) is 9.59 Å². The Morgan fingerprint density at radius 3 is 2.48 bits per heavy atom. The number of fused-ring (bicyclic) bond motifs is 1. The summed E-state index contributed by atoms with van der Waals surface area (Å²) < 4.78 is 6.19. The maximum atomic E-state index is 11.8. The molecule has 8 nitrogen and oxygen atoms in total. The second-order valence-corrected chi connectivity index (χ2v) is 7.33. The fraction of sp³-hybridized carbons (Fsp3) is 0.368. The first-order chi connectivity index (χ1) is 12.8. The summed E-state index contributed by atoms with van der Waals surface area (Å²) in [6, 6.07) is 9.24. The van der Waals surface area contributed by atoms with Crippen molar-refractivity contribution in [2.45, 2.75) is 39.0 Å². The van der Waals surface area contributed by atoms with Crippen LogP contribution in [0.5, 0.6) is 0 Å². The van der Waals surface area contributed by atoms with E-state index in [-0.39, 0.29) is 24.2 Å². The summed E-state index contributed by atoms with van der Waals surface area (Å²) >= 11 is 0. The number of carbonyl (C=O) groups is 2. The van der Waals surface area contributed by atoms with Gasteiger partial charge in [-0.2, -0.15) is 4.63 Å². The van der Waals surface area contributed by atoms with Gasteiger partial charge < -0.3 is 10.1 Å². The third kappa shape index (κ3) is 4.33. The number of aromatic nitrogens is 4. The number of ether oxygens (including phenoxy) is 1. The Hall–Kier alpha value is -3.16. The quantitative estimate of drug-likeness (QED) is 0.673. The lowest BCUT2D eigenvalue weighted by molar-refractivity contribution is -0.141. The number of nitrogens with one attached hydrogen (secondary N) is 2. The molecule has 27 heavy (non-hydrogen) atoms. The predicted octanol–water partition coefficient (Wildman–Crippen LogP) is 2.91. The Morgan fingerprint density at radius 2 is 1.89 bits per heavy atom. The summed E-state index contributed by atoms with van der Waals surface area (Å²) in [7, 11) is 1.30. The van der Waals surface area contributed by atoms with Gasteiger partial charge in [0.2, 0.25) is 5.91 Å². The summed E-state index contributed by atoms with van der Waals surface area (Å²) in [5, 5.41) is 10.5. The molecular formula is C19H23N5O3. The van der Waals surface area contributed by atoms with Gasteiger partial charge in [-0.1, -0.05) is 20.8 Å². The molecular weight excluding hydrogens is 346 g/mol. The van der Waals surface area contributed by atoms with Crippen LogP contribution in [0.3, 0.4) is 0 Å². The Bertz CT molecular complexity index is 932. The average molecular weight is 369 g/mol. The standard InChI is InChI=1S/C19H23N5O3/c1-19(2,3)14-11-15-21-18(23-24(15)22-14)12-5-7-13(8-6-12)20-16(25)9-10-17(26)27-4/h5-8,11,22H,9-10H2,1-4H3,(H,20,25). The third-order valence-corrected chi connectivity index (χ3v) is 4.15. The maximum Gasteiger partial charge on any atom is 0.306 e. The van der Waals surface area contributed by atoms with Crippen molar-refractivity contribution in [1.29, 1.82) is 0 Å². The molecule has 142 valence electrons. The Balaban J connectivity index is 1.68. The Morgan fingerprint density at radius 1 is 1.19 bits per heavy atom. The highest BCUT2D eigenvalue weighted by Gasteiger charge is 2.18. The topological polar surface area (TPSA) is 101 Å². The monoisotopic (exact) mass is 369 g/mol. The molecule has 0 aliphatic rings. The highest BCUT2D eigenvalue weighted by molar-refractivity contribution is 5.92. The van der Waals surface area contributed by atoms with Crippen molar-refractivity contribution in [3.8, 4) is 11.4 Å². The van der Waals surface area contributed by atoms with Gasteiger partial charge in [0, 0.05) is 34.8 Å². The molecule has 0 fully saturated rings. The van der Waals surface area contributed by atoms with E-state index in [1.165, 1.54) is 7.11 Å². The van der Waals surface area contributed by atoms with Crippen LogP contribution in [0, 0.1) is 0 Å². The van der Waals surface area contributed by atoms with Crippen LogP contribution in [0.2, 0.25) is 0 Å². The lowest BCUT2D eigenvalue weighted by Gasteiger charge is -2.14. The largest absolute Gasteiger partial charge is 0.469 e. The highest BCUT2D eigenvalue weighted by atomic mass is 16.5. The van der Waals surface area contributed by atoms with Crippen LogP contribution in [0.15, 0.2) is 30.3 Å². The van der Waals surface area contributed by atoms with Crippen LogP contribution in [0.4, 0.5) is 5.69 Å². The van der Waals surface area contributed by atoms with Gasteiger partial charge in [0.1, 0.15) is 0 Å². The second kappa shape index (κ2) is 7.22. The molecule has 2 N–H and O–H groups in total. The molecule has 0 saturated carbocycles. The minimum Gasteiger partial charge on any atom is -0.469 e. The number of anilines is 1. The zero-order chi connectivity index (χ0) is 19.6. The first kappa shape index (κ1) is 18.6. The van der Waals surface area contributed by atoms with Crippen molar-refractivity contribution in [2.75, 3.05) is 12.4 Å². The van der Waals surface area contributed by atoms with Gasteiger partial charge in [-0.05, 0) is 24.3 Å². The number of nitrogens with zero attached hydrogens (tertiary/aromatic N) is 3. The molecule has 3 aromatic rings. The summed E-state index contributed by atoms with van der Waals surface area (Å²) in [6.07, 6.45) is 0.138. The van der Waals surface area contributed by atoms with E-state index in [0.29, 0.717) is 11.5 Å². The molecule has 0 aliphatic heterocycles. The molecule has 0 radical (unpaired) electrons. The van der Waals surface area contributed by atoms with Crippen LogP contribution < -0.4 is 5.32 Å². The third-order valence-electron chi connectivity index (χ3n) is 4.15. The second-order valence-electron chi connectivity index (χ2n) is 7.33. The number of carbonyl (C=O) groups excluding carboxylic acids is 2. The molecule has 3 rings (SSSR count). The first-order valence-corrected chi connectivity index (χ1v) is 8.69. The molecule has 0 atom stereocenters. The summed E-state index contributed by atoms with van der Waals surface area (Å²) in [6.45, 7) is 6.37.